The van der Waals surface area contributed by atoms with Crippen molar-refractivity contribution in [1.82, 2.24) is 4.81 Å². The van der Waals surface area contributed by atoms with Crippen LogP contribution in [0, 0.1) is 0 Å². The molecule has 9 heavy (non-hydrogen) atoms. The van der Waals surface area contributed by atoms with Crippen molar-refractivity contribution >= 4 is 59.4 Å². The van der Waals surface area contributed by atoms with Gasteiger partial charge in [0.25, 0.3) is 0 Å². The van der Waals surface area contributed by atoms with Crippen molar-refractivity contribution < 1.29 is 0 Å². The monoisotopic (exact) mass is 153 g/mol. The van der Waals surface area contributed by atoms with Crippen LogP contribution in [0.5, 0.6) is 0 Å². The predicted octanol–water partition coefficient (Wildman–Crippen LogP) is 0.00480. The molecule has 0 aliphatic heterocycles. The third kappa shape index (κ3) is 6.08. The summed E-state index contributed by atoms with van der Waals surface area (Å²) in [5.41, 5.74) is 0. The molecule has 0 aliphatic carbocycles. The van der Waals surface area contributed by atoms with Gasteiger partial charge in [0.05, 0.1) is 0 Å². The van der Waals surface area contributed by atoms with Crippen LogP contribution in [0.2, 0.25) is 0 Å². The summed E-state index contributed by atoms with van der Waals surface area (Å²) in [6.45, 7) is 8.83. The molecule has 0 aliphatic rings. The van der Waals surface area contributed by atoms with Crippen LogP contribution in [0.3, 0.4) is 0 Å². The van der Waals surface area contributed by atoms with E-state index in [-0.39, 0.29) is 51.4 Å². The second kappa shape index (κ2) is 6.38. The van der Waals surface area contributed by atoms with Gasteiger partial charge in [-0.05, 0) is 12.1 Å². The average Bonchev–Trinajstić information content (AvgIpc) is 1.64. The molecule has 0 fully saturated rings. The summed E-state index contributed by atoms with van der Waals surface area (Å²) < 4.78 is 0. The van der Waals surface area contributed by atoms with Crippen molar-refractivity contribution in [2.24, 2.45) is 0 Å². The summed E-state index contributed by atoms with van der Waals surface area (Å²) in [5, 5.41) is 0. The predicted molar refractivity (Wildman–Crippen MR) is 47.8 cm³/mol. The number of nitrogens with zero attached hydrogens (tertiary/aromatic N) is 1. The summed E-state index contributed by atoms with van der Waals surface area (Å²) in [6.07, 6.45) is 0. The minimum absolute atomic E-state index is 0. The van der Waals surface area contributed by atoms with Crippen LogP contribution >= 0.6 is 0 Å². The van der Waals surface area contributed by atoms with Crippen molar-refractivity contribution in [3.05, 3.63) is 0 Å². The zero-order chi connectivity index (χ0) is 6.73. The first-order valence-electron chi connectivity index (χ1n) is 3.27. The van der Waals surface area contributed by atoms with E-state index in [1.165, 1.54) is 0 Å². The van der Waals surface area contributed by atoms with Gasteiger partial charge in [-0.15, -0.1) is 0 Å². The van der Waals surface area contributed by atoms with Crippen LogP contribution in [0.4, 0.5) is 0 Å². The van der Waals surface area contributed by atoms with E-state index in [2.05, 4.69) is 40.5 Å². The van der Waals surface area contributed by atoms with Gasteiger partial charge in [-0.25, -0.2) is 0 Å². The molecule has 0 amide bonds. The Morgan fingerprint density at radius 3 is 1.22 bits per heavy atom. The number of rotatable bonds is 2. The van der Waals surface area contributed by atoms with Crippen LogP contribution in [0.15, 0.2) is 0 Å². The Balaban J connectivity index is 0. The van der Waals surface area contributed by atoms with Gasteiger partial charge < -0.3 is 4.81 Å². The van der Waals surface area contributed by atoms with Crippen LogP contribution in [-0.2, 0) is 0 Å². The molecule has 50 valence electrons. The molecule has 0 saturated carbocycles. The van der Waals surface area contributed by atoms with Crippen LogP contribution in [-0.4, -0.2) is 76.3 Å². The molecule has 0 N–H and O–H groups in total. The van der Waals surface area contributed by atoms with Gasteiger partial charge in [0.1, 0.15) is 0 Å². The molecule has 0 heterocycles. The Bertz CT molecular complexity index is 58.1. The van der Waals surface area contributed by atoms with Gasteiger partial charge in [-0.1, -0.05) is 27.7 Å². The fourth-order valence-corrected chi connectivity index (χ4v) is 0.596. The molecule has 0 aromatic heterocycles. The Kier molecular flexibility index (Phi) is 9.40. The number of hydrogen-bond donors (Lipinski definition) is 0. The molecule has 0 rings (SSSR count). The van der Waals surface area contributed by atoms with E-state index in [1.807, 2.05) is 0 Å². The summed E-state index contributed by atoms with van der Waals surface area (Å²) in [7, 11) is 2.15. The minimum atomic E-state index is 0. The molecule has 0 atom stereocenters. The van der Waals surface area contributed by atoms with Crippen LogP contribution in [0.1, 0.15) is 27.7 Å². The average molecular weight is 153 g/mol. The molecular formula is C6H17BKN. The zero-order valence-corrected chi connectivity index (χ0v) is 6.60. The molecule has 1 nitrogen and oxygen atoms in total. The van der Waals surface area contributed by atoms with Crippen LogP contribution in [0.25, 0.3) is 0 Å². The third-order valence-corrected chi connectivity index (χ3v) is 1.63. The van der Waals surface area contributed by atoms with E-state index in [4.69, 9.17) is 0 Å². The molecule has 3 heteroatoms. The topological polar surface area (TPSA) is 3.24 Å². The van der Waals surface area contributed by atoms with Gasteiger partial charge in [0.15, 0.2) is 7.98 Å². The molecular weight excluding hydrogens is 136 g/mol. The fraction of sp³-hybridized carbons (Fsp3) is 1.00. The first-order chi connectivity index (χ1) is 3.55. The second-order valence-electron chi connectivity index (χ2n) is 2.85. The Morgan fingerprint density at radius 1 is 1.00 bits per heavy atom. The molecule has 0 unspecified atom stereocenters. The van der Waals surface area contributed by atoms with Crippen molar-refractivity contribution in [3.8, 4) is 0 Å². The van der Waals surface area contributed by atoms with E-state index in [0.717, 1.165) is 0 Å². The molecule has 0 bridgehead atoms. The summed E-state index contributed by atoms with van der Waals surface area (Å²) in [6, 6.07) is 1.35. The molecule has 0 aromatic rings. The van der Waals surface area contributed by atoms with E-state index >= 15 is 0 Å². The zero-order valence-electron chi connectivity index (χ0n) is 6.60. The number of hydrogen-bond acceptors (Lipinski definition) is 1. The quantitative estimate of drug-likeness (QED) is 0.505. The van der Waals surface area contributed by atoms with E-state index < -0.39 is 0 Å². The summed E-state index contributed by atoms with van der Waals surface area (Å²) in [5.74, 6) is 0. The maximum absolute atomic E-state index is 2.33. The van der Waals surface area contributed by atoms with E-state index in [1.54, 1.807) is 0 Å². The first-order valence-corrected chi connectivity index (χ1v) is 3.27. The Hall–Kier alpha value is 1.66. The summed E-state index contributed by atoms with van der Waals surface area (Å²) >= 11 is 0. The third-order valence-electron chi connectivity index (χ3n) is 1.63. The van der Waals surface area contributed by atoms with Crippen molar-refractivity contribution in [3.63, 3.8) is 0 Å². The van der Waals surface area contributed by atoms with Crippen LogP contribution < -0.4 is 0 Å². The van der Waals surface area contributed by atoms with Gasteiger partial charge >= 0.3 is 51.4 Å². The molecule has 0 radical (unpaired) electrons. The first kappa shape index (κ1) is 13.3. The van der Waals surface area contributed by atoms with Gasteiger partial charge in [-0.2, -0.15) is 0 Å². The van der Waals surface area contributed by atoms with Gasteiger partial charge in [0.2, 0.25) is 0 Å². The van der Waals surface area contributed by atoms with E-state index in [9.17, 15) is 0 Å². The Labute approximate surface area is 102 Å². The Morgan fingerprint density at radius 2 is 1.22 bits per heavy atom. The van der Waals surface area contributed by atoms with Crippen molar-refractivity contribution in [1.29, 1.82) is 0 Å². The van der Waals surface area contributed by atoms with Crippen molar-refractivity contribution in [2.75, 3.05) is 0 Å². The standard InChI is InChI=1S/C6H16BN.K.H/c1-5(2)8(7)6(3)4;;/h5-6H,7H2,1-4H3;;. The SMILES string of the molecule is BN(C(C)C)C(C)C.[KH]. The molecule has 0 spiro atoms. The molecule has 0 aromatic carbocycles. The second-order valence-corrected chi connectivity index (χ2v) is 2.85. The fourth-order valence-electron chi connectivity index (χ4n) is 0.596. The van der Waals surface area contributed by atoms with Gasteiger partial charge in [-0.3, -0.25) is 0 Å². The van der Waals surface area contributed by atoms with E-state index in [0.29, 0.717) is 12.1 Å². The van der Waals surface area contributed by atoms with Crippen molar-refractivity contribution in [2.45, 2.75) is 39.8 Å². The maximum atomic E-state index is 2.33. The molecule has 0 saturated heterocycles. The normalized spacial score (nSPS) is 10.6. The summed E-state index contributed by atoms with van der Waals surface area (Å²) in [4.78, 5) is 2.33. The van der Waals surface area contributed by atoms with Gasteiger partial charge in [0, 0.05) is 0 Å².